The first-order valence-electron chi connectivity index (χ1n) is 5.31. The summed E-state index contributed by atoms with van der Waals surface area (Å²) >= 11 is 0. The first-order chi connectivity index (χ1) is 6.83. The summed E-state index contributed by atoms with van der Waals surface area (Å²) in [5.41, 5.74) is 0. The maximum absolute atomic E-state index is 4.13. The molecule has 1 aliphatic heterocycles. The number of nitrogens with zero attached hydrogens (tertiary/aromatic N) is 4. The third-order valence-electron chi connectivity index (χ3n) is 2.95. The summed E-state index contributed by atoms with van der Waals surface area (Å²) in [6.07, 6.45) is 2.22. The molecular formula is C9H17N5. The van der Waals surface area contributed by atoms with Crippen LogP contribution in [0, 0.1) is 0 Å². The molecule has 1 saturated heterocycles. The second-order valence-electron chi connectivity index (χ2n) is 3.93. The molecule has 1 aromatic heterocycles. The molecule has 14 heavy (non-hydrogen) atoms. The van der Waals surface area contributed by atoms with Gasteiger partial charge in [0.1, 0.15) is 0 Å². The third-order valence-corrected chi connectivity index (χ3v) is 2.95. The van der Waals surface area contributed by atoms with E-state index in [4.69, 9.17) is 0 Å². The van der Waals surface area contributed by atoms with Gasteiger partial charge in [-0.15, -0.1) is 5.10 Å². The van der Waals surface area contributed by atoms with Crippen LogP contribution in [0.1, 0.15) is 44.5 Å². The molecule has 0 amide bonds. The summed E-state index contributed by atoms with van der Waals surface area (Å²) in [7, 11) is 0. The summed E-state index contributed by atoms with van der Waals surface area (Å²) in [5.74, 6) is 1.54. The number of aromatic nitrogens is 4. The Bertz CT molecular complexity index is 289. The standard InChI is InChI=1S/C9H17N5/c1-3-7(2)14-9(11-12-13-14)8-4-5-10-6-8/h7-8,10H,3-6H2,1-2H3. The molecule has 2 unspecified atom stereocenters. The first kappa shape index (κ1) is 9.58. The van der Waals surface area contributed by atoms with Crippen molar-refractivity contribution in [1.82, 2.24) is 25.5 Å². The van der Waals surface area contributed by atoms with Crippen LogP contribution in [0.4, 0.5) is 0 Å². The van der Waals surface area contributed by atoms with E-state index in [0.29, 0.717) is 12.0 Å². The van der Waals surface area contributed by atoms with Crippen molar-refractivity contribution in [3.63, 3.8) is 0 Å². The van der Waals surface area contributed by atoms with E-state index >= 15 is 0 Å². The zero-order chi connectivity index (χ0) is 9.97. The van der Waals surface area contributed by atoms with Crippen LogP contribution in [0.5, 0.6) is 0 Å². The normalized spacial score (nSPS) is 24.0. The van der Waals surface area contributed by atoms with Crippen molar-refractivity contribution >= 4 is 0 Å². The average Bonchev–Trinajstić information content (AvgIpc) is 2.85. The number of hydrogen-bond donors (Lipinski definition) is 1. The summed E-state index contributed by atoms with van der Waals surface area (Å²) in [5, 5.41) is 15.3. The molecule has 0 radical (unpaired) electrons. The highest BCUT2D eigenvalue weighted by Crippen LogP contribution is 2.22. The van der Waals surface area contributed by atoms with E-state index in [1.54, 1.807) is 0 Å². The number of tetrazole rings is 1. The largest absolute Gasteiger partial charge is 0.316 e. The lowest BCUT2D eigenvalue weighted by molar-refractivity contribution is 0.436. The van der Waals surface area contributed by atoms with E-state index in [2.05, 4.69) is 34.7 Å². The molecule has 5 nitrogen and oxygen atoms in total. The van der Waals surface area contributed by atoms with Gasteiger partial charge in [-0.05, 0) is 36.7 Å². The molecule has 2 heterocycles. The summed E-state index contributed by atoms with van der Waals surface area (Å²) in [6.45, 7) is 6.40. The minimum Gasteiger partial charge on any atom is -0.316 e. The van der Waals surface area contributed by atoms with Gasteiger partial charge in [-0.2, -0.15) is 0 Å². The highest BCUT2D eigenvalue weighted by molar-refractivity contribution is 4.99. The van der Waals surface area contributed by atoms with Crippen molar-refractivity contribution in [2.24, 2.45) is 0 Å². The van der Waals surface area contributed by atoms with Crippen molar-refractivity contribution < 1.29 is 0 Å². The van der Waals surface area contributed by atoms with Gasteiger partial charge in [-0.3, -0.25) is 0 Å². The molecule has 1 fully saturated rings. The van der Waals surface area contributed by atoms with Gasteiger partial charge < -0.3 is 5.32 Å². The molecule has 2 rings (SSSR count). The minimum atomic E-state index is 0.403. The van der Waals surface area contributed by atoms with Crippen LogP contribution < -0.4 is 5.32 Å². The second-order valence-corrected chi connectivity index (χ2v) is 3.93. The summed E-state index contributed by atoms with van der Waals surface area (Å²) < 4.78 is 1.97. The van der Waals surface area contributed by atoms with Gasteiger partial charge in [0.2, 0.25) is 0 Å². The molecule has 1 aromatic rings. The van der Waals surface area contributed by atoms with Crippen molar-refractivity contribution in [1.29, 1.82) is 0 Å². The van der Waals surface area contributed by atoms with Gasteiger partial charge in [0.05, 0.1) is 6.04 Å². The quantitative estimate of drug-likeness (QED) is 0.772. The SMILES string of the molecule is CCC(C)n1nnnc1C1CCNC1. The molecule has 0 aromatic carbocycles. The molecule has 0 aliphatic carbocycles. The fourth-order valence-corrected chi connectivity index (χ4v) is 1.83. The highest BCUT2D eigenvalue weighted by atomic mass is 15.5. The predicted octanol–water partition coefficient (Wildman–Crippen LogP) is 0.721. The molecule has 78 valence electrons. The Kier molecular flexibility index (Phi) is 2.77. The van der Waals surface area contributed by atoms with Crippen molar-refractivity contribution in [3.05, 3.63) is 5.82 Å². The third kappa shape index (κ3) is 1.64. The van der Waals surface area contributed by atoms with Gasteiger partial charge in [0.15, 0.2) is 5.82 Å². The fourth-order valence-electron chi connectivity index (χ4n) is 1.83. The summed E-state index contributed by atoms with van der Waals surface area (Å²) in [6, 6.07) is 0.403. The predicted molar refractivity (Wildman–Crippen MR) is 53.0 cm³/mol. The monoisotopic (exact) mass is 195 g/mol. The Labute approximate surface area is 83.9 Å². The number of hydrogen-bond acceptors (Lipinski definition) is 4. The molecule has 2 atom stereocenters. The van der Waals surface area contributed by atoms with Gasteiger partial charge in [-0.1, -0.05) is 6.92 Å². The second kappa shape index (κ2) is 4.04. The summed E-state index contributed by atoms with van der Waals surface area (Å²) in [4.78, 5) is 0. The van der Waals surface area contributed by atoms with Crippen LogP contribution in [-0.4, -0.2) is 33.3 Å². The lowest BCUT2D eigenvalue weighted by Gasteiger charge is -2.13. The van der Waals surface area contributed by atoms with Gasteiger partial charge in [0.25, 0.3) is 0 Å². The average molecular weight is 195 g/mol. The number of rotatable bonds is 3. The molecule has 0 saturated carbocycles. The Morgan fingerprint density at radius 3 is 3.14 bits per heavy atom. The zero-order valence-electron chi connectivity index (χ0n) is 8.77. The van der Waals surface area contributed by atoms with E-state index in [-0.39, 0.29) is 0 Å². The Balaban J connectivity index is 2.19. The zero-order valence-corrected chi connectivity index (χ0v) is 8.77. The lowest BCUT2D eigenvalue weighted by Crippen LogP contribution is -2.16. The van der Waals surface area contributed by atoms with Crippen molar-refractivity contribution in [2.45, 2.75) is 38.6 Å². The van der Waals surface area contributed by atoms with E-state index in [1.807, 2.05) is 4.68 Å². The maximum Gasteiger partial charge on any atom is 0.155 e. The lowest BCUT2D eigenvalue weighted by atomic mass is 10.1. The molecule has 0 bridgehead atoms. The smallest absolute Gasteiger partial charge is 0.155 e. The van der Waals surface area contributed by atoms with Crippen LogP contribution in [0.2, 0.25) is 0 Å². The van der Waals surface area contributed by atoms with Crippen molar-refractivity contribution in [2.75, 3.05) is 13.1 Å². The van der Waals surface area contributed by atoms with Gasteiger partial charge >= 0.3 is 0 Å². The van der Waals surface area contributed by atoms with Crippen LogP contribution >= 0.6 is 0 Å². The van der Waals surface area contributed by atoms with Crippen LogP contribution in [0.3, 0.4) is 0 Å². The molecular weight excluding hydrogens is 178 g/mol. The Morgan fingerprint density at radius 1 is 1.64 bits per heavy atom. The van der Waals surface area contributed by atoms with Crippen LogP contribution in [0.15, 0.2) is 0 Å². The van der Waals surface area contributed by atoms with E-state index in [0.717, 1.165) is 31.8 Å². The van der Waals surface area contributed by atoms with Gasteiger partial charge in [-0.25, -0.2) is 4.68 Å². The molecule has 5 heteroatoms. The first-order valence-corrected chi connectivity index (χ1v) is 5.31. The van der Waals surface area contributed by atoms with Gasteiger partial charge in [0, 0.05) is 12.5 Å². The van der Waals surface area contributed by atoms with E-state index < -0.39 is 0 Å². The van der Waals surface area contributed by atoms with E-state index in [9.17, 15) is 0 Å². The molecule has 1 aliphatic rings. The topological polar surface area (TPSA) is 55.6 Å². The Hall–Kier alpha value is -0.970. The fraction of sp³-hybridized carbons (Fsp3) is 0.889. The molecule has 0 spiro atoms. The van der Waals surface area contributed by atoms with E-state index in [1.165, 1.54) is 0 Å². The highest BCUT2D eigenvalue weighted by Gasteiger charge is 2.24. The van der Waals surface area contributed by atoms with Crippen LogP contribution in [-0.2, 0) is 0 Å². The van der Waals surface area contributed by atoms with Crippen LogP contribution in [0.25, 0.3) is 0 Å². The van der Waals surface area contributed by atoms with Crippen molar-refractivity contribution in [3.8, 4) is 0 Å². The minimum absolute atomic E-state index is 0.403. The maximum atomic E-state index is 4.13. The molecule has 1 N–H and O–H groups in total. The number of nitrogens with one attached hydrogen (secondary N) is 1. The Morgan fingerprint density at radius 2 is 2.50 bits per heavy atom.